The van der Waals surface area contributed by atoms with E-state index in [0.29, 0.717) is 6.10 Å². The van der Waals surface area contributed by atoms with E-state index in [1.807, 2.05) is 7.11 Å². The predicted octanol–water partition coefficient (Wildman–Crippen LogP) is 1.10. The number of methoxy groups -OCH3 is 1. The third-order valence-corrected chi connectivity index (χ3v) is 3.94. The first-order valence-corrected chi connectivity index (χ1v) is 6.30. The Kier molecular flexibility index (Phi) is 4.00. The van der Waals surface area contributed by atoms with Gasteiger partial charge in [0.25, 0.3) is 0 Å². The molecule has 1 atom stereocenters. The predicted molar refractivity (Wildman–Crippen MR) is 62.0 cm³/mol. The van der Waals surface area contributed by atoms with Crippen LogP contribution in [0, 0.1) is 5.92 Å². The van der Waals surface area contributed by atoms with Gasteiger partial charge < -0.3 is 15.0 Å². The van der Waals surface area contributed by atoms with Gasteiger partial charge in [-0.2, -0.15) is 0 Å². The van der Waals surface area contributed by atoms with Crippen molar-refractivity contribution in [3.8, 4) is 0 Å². The van der Waals surface area contributed by atoms with Crippen molar-refractivity contribution >= 4 is 0 Å². The molecular formula is C12H24N2O. The molecule has 1 heterocycles. The molecule has 3 heteroatoms. The molecule has 2 rings (SSSR count). The van der Waals surface area contributed by atoms with Crippen LogP contribution in [0.15, 0.2) is 0 Å². The minimum atomic E-state index is 0.526. The zero-order valence-electron chi connectivity index (χ0n) is 10.0. The second kappa shape index (κ2) is 5.28. The molecule has 1 aliphatic carbocycles. The van der Waals surface area contributed by atoms with Crippen LogP contribution in [0.4, 0.5) is 0 Å². The topological polar surface area (TPSA) is 24.5 Å². The third-order valence-electron chi connectivity index (χ3n) is 3.94. The lowest BCUT2D eigenvalue weighted by Gasteiger charge is -2.35. The van der Waals surface area contributed by atoms with Crippen LogP contribution in [0.25, 0.3) is 0 Å². The summed E-state index contributed by atoms with van der Waals surface area (Å²) >= 11 is 0. The molecule has 15 heavy (non-hydrogen) atoms. The fourth-order valence-corrected chi connectivity index (χ4v) is 2.62. The molecule has 1 saturated heterocycles. The molecule has 0 spiro atoms. The number of rotatable bonds is 5. The van der Waals surface area contributed by atoms with E-state index in [2.05, 4.69) is 17.1 Å². The van der Waals surface area contributed by atoms with Gasteiger partial charge in [0.15, 0.2) is 0 Å². The molecule has 1 N–H and O–H groups in total. The van der Waals surface area contributed by atoms with Crippen molar-refractivity contribution in [1.29, 1.82) is 0 Å². The van der Waals surface area contributed by atoms with Crippen LogP contribution in [0.2, 0.25) is 0 Å². The van der Waals surface area contributed by atoms with Gasteiger partial charge in [-0.15, -0.1) is 0 Å². The Morgan fingerprint density at radius 3 is 2.80 bits per heavy atom. The van der Waals surface area contributed by atoms with Gasteiger partial charge in [-0.25, -0.2) is 0 Å². The molecule has 1 saturated carbocycles. The van der Waals surface area contributed by atoms with Crippen molar-refractivity contribution in [2.24, 2.45) is 5.92 Å². The molecule has 0 radical (unpaired) electrons. The first kappa shape index (κ1) is 11.4. The van der Waals surface area contributed by atoms with Crippen molar-refractivity contribution in [3.05, 3.63) is 0 Å². The molecular weight excluding hydrogens is 188 g/mol. The number of hydrogen-bond donors (Lipinski definition) is 1. The van der Waals surface area contributed by atoms with E-state index in [1.54, 1.807) is 0 Å². The van der Waals surface area contributed by atoms with Gasteiger partial charge >= 0.3 is 0 Å². The minimum absolute atomic E-state index is 0.526. The highest BCUT2D eigenvalue weighted by Crippen LogP contribution is 2.23. The molecule has 0 aromatic heterocycles. The van der Waals surface area contributed by atoms with Crippen molar-refractivity contribution in [3.63, 3.8) is 0 Å². The maximum Gasteiger partial charge on any atom is 0.0601 e. The van der Waals surface area contributed by atoms with Crippen LogP contribution in [0.5, 0.6) is 0 Å². The zero-order valence-corrected chi connectivity index (χ0v) is 10.0. The van der Waals surface area contributed by atoms with Gasteiger partial charge in [0.1, 0.15) is 0 Å². The quantitative estimate of drug-likeness (QED) is 0.738. The number of ether oxygens (including phenoxy) is 1. The van der Waals surface area contributed by atoms with Gasteiger partial charge in [0, 0.05) is 19.7 Å². The van der Waals surface area contributed by atoms with Crippen LogP contribution in [-0.4, -0.2) is 50.3 Å². The second-order valence-electron chi connectivity index (χ2n) is 4.98. The van der Waals surface area contributed by atoms with Gasteiger partial charge in [-0.05, 0) is 44.8 Å². The van der Waals surface area contributed by atoms with Gasteiger partial charge in [-0.3, -0.25) is 0 Å². The van der Waals surface area contributed by atoms with Gasteiger partial charge in [-0.1, -0.05) is 6.92 Å². The first-order valence-electron chi connectivity index (χ1n) is 6.30. The number of hydrogen-bond acceptors (Lipinski definition) is 3. The average molecular weight is 212 g/mol. The van der Waals surface area contributed by atoms with E-state index in [0.717, 1.165) is 12.0 Å². The van der Waals surface area contributed by atoms with Crippen LogP contribution >= 0.6 is 0 Å². The average Bonchev–Trinajstić information content (AvgIpc) is 2.64. The number of likely N-dealkylation sites (tertiary alicyclic amines) is 1. The molecule has 2 aliphatic rings. The highest BCUT2D eigenvalue weighted by Gasteiger charge is 2.29. The van der Waals surface area contributed by atoms with Crippen LogP contribution in [-0.2, 0) is 4.74 Å². The Balaban J connectivity index is 1.56. The molecule has 0 amide bonds. The summed E-state index contributed by atoms with van der Waals surface area (Å²) < 4.78 is 5.27. The Bertz CT molecular complexity index is 192. The maximum atomic E-state index is 5.27. The SMILES string of the molecule is CCN1CCC(CNC2CC(OC)C2)C1. The van der Waals surface area contributed by atoms with E-state index in [-0.39, 0.29) is 0 Å². The van der Waals surface area contributed by atoms with Crippen LogP contribution in [0.3, 0.4) is 0 Å². The largest absolute Gasteiger partial charge is 0.381 e. The Hall–Kier alpha value is -0.120. The Morgan fingerprint density at radius 1 is 1.40 bits per heavy atom. The van der Waals surface area contributed by atoms with E-state index in [1.165, 1.54) is 45.4 Å². The van der Waals surface area contributed by atoms with Crippen molar-refractivity contribution < 1.29 is 4.74 Å². The normalized spacial score (nSPS) is 36.8. The molecule has 1 unspecified atom stereocenters. The fourth-order valence-electron chi connectivity index (χ4n) is 2.62. The summed E-state index contributed by atoms with van der Waals surface area (Å²) in [4.78, 5) is 2.55. The fraction of sp³-hybridized carbons (Fsp3) is 1.00. The molecule has 88 valence electrons. The highest BCUT2D eigenvalue weighted by molar-refractivity contribution is 4.87. The third kappa shape index (κ3) is 2.92. The van der Waals surface area contributed by atoms with E-state index < -0.39 is 0 Å². The minimum Gasteiger partial charge on any atom is -0.381 e. The number of nitrogens with one attached hydrogen (secondary N) is 1. The lowest BCUT2D eigenvalue weighted by molar-refractivity contribution is 0.0166. The summed E-state index contributed by atoms with van der Waals surface area (Å²) in [5.74, 6) is 0.881. The number of nitrogens with zero attached hydrogens (tertiary/aromatic N) is 1. The smallest absolute Gasteiger partial charge is 0.0601 e. The summed E-state index contributed by atoms with van der Waals surface area (Å²) in [7, 11) is 1.82. The van der Waals surface area contributed by atoms with E-state index in [9.17, 15) is 0 Å². The first-order chi connectivity index (χ1) is 7.31. The van der Waals surface area contributed by atoms with E-state index in [4.69, 9.17) is 4.74 Å². The summed E-state index contributed by atoms with van der Waals surface area (Å²) in [6.07, 6.45) is 4.32. The maximum absolute atomic E-state index is 5.27. The van der Waals surface area contributed by atoms with Gasteiger partial charge in [0.2, 0.25) is 0 Å². The second-order valence-corrected chi connectivity index (χ2v) is 4.98. The standard InChI is InChI=1S/C12H24N2O/c1-3-14-5-4-10(9-14)8-13-11-6-12(7-11)15-2/h10-13H,3-9H2,1-2H3. The van der Waals surface area contributed by atoms with Crippen molar-refractivity contribution in [1.82, 2.24) is 10.2 Å². The van der Waals surface area contributed by atoms with Crippen LogP contribution < -0.4 is 5.32 Å². The summed E-state index contributed by atoms with van der Waals surface area (Å²) in [5.41, 5.74) is 0. The summed E-state index contributed by atoms with van der Waals surface area (Å²) in [6.45, 7) is 7.27. The molecule has 3 nitrogen and oxygen atoms in total. The molecule has 0 bridgehead atoms. The molecule has 1 aliphatic heterocycles. The van der Waals surface area contributed by atoms with Crippen molar-refractivity contribution in [2.45, 2.75) is 38.3 Å². The monoisotopic (exact) mass is 212 g/mol. The lowest BCUT2D eigenvalue weighted by atomic mass is 9.89. The van der Waals surface area contributed by atoms with E-state index >= 15 is 0 Å². The van der Waals surface area contributed by atoms with Gasteiger partial charge in [0.05, 0.1) is 6.10 Å². The molecule has 0 aromatic carbocycles. The van der Waals surface area contributed by atoms with Crippen molar-refractivity contribution in [2.75, 3.05) is 33.3 Å². The zero-order chi connectivity index (χ0) is 10.7. The highest BCUT2D eigenvalue weighted by atomic mass is 16.5. The summed E-state index contributed by atoms with van der Waals surface area (Å²) in [6, 6.07) is 0.727. The Labute approximate surface area is 93.2 Å². The Morgan fingerprint density at radius 2 is 2.20 bits per heavy atom. The lowest BCUT2D eigenvalue weighted by Crippen LogP contribution is -2.46. The summed E-state index contributed by atoms with van der Waals surface area (Å²) in [5, 5.41) is 3.66. The molecule has 2 fully saturated rings. The van der Waals surface area contributed by atoms with Crippen LogP contribution in [0.1, 0.15) is 26.2 Å². The molecule has 0 aromatic rings.